The number of aromatic nitrogens is 4. The Hall–Kier alpha value is -2.67. The minimum Gasteiger partial charge on any atom is -0.381 e. The summed E-state index contributed by atoms with van der Waals surface area (Å²) in [5.74, 6) is 1.71. The summed E-state index contributed by atoms with van der Waals surface area (Å²) in [5.41, 5.74) is 4.62. The Morgan fingerprint density at radius 1 is 1.16 bits per heavy atom. The van der Waals surface area contributed by atoms with Gasteiger partial charge in [-0.25, -0.2) is 0 Å². The van der Waals surface area contributed by atoms with Gasteiger partial charge in [0.15, 0.2) is 5.65 Å². The van der Waals surface area contributed by atoms with Crippen LogP contribution in [0.1, 0.15) is 69.1 Å². The fourth-order valence-corrected chi connectivity index (χ4v) is 3.96. The Morgan fingerprint density at radius 2 is 1.97 bits per heavy atom. The number of anilines is 2. The second kappa shape index (κ2) is 10.1. The zero-order valence-electron chi connectivity index (χ0n) is 18.9. The number of fused-ring (bicyclic) bond motifs is 1. The predicted octanol–water partition coefficient (Wildman–Crippen LogP) is 4.79. The lowest BCUT2D eigenvalue weighted by Gasteiger charge is -2.23. The van der Waals surface area contributed by atoms with E-state index in [0.717, 1.165) is 43.7 Å². The first-order valence-electron chi connectivity index (χ1n) is 11.6. The van der Waals surface area contributed by atoms with Crippen molar-refractivity contribution < 1.29 is 4.74 Å². The van der Waals surface area contributed by atoms with Crippen LogP contribution in [0.4, 0.5) is 11.9 Å². The van der Waals surface area contributed by atoms with E-state index in [0.29, 0.717) is 30.4 Å². The average Bonchev–Trinajstić information content (AvgIpc) is 3.21. The van der Waals surface area contributed by atoms with E-state index in [4.69, 9.17) is 14.7 Å². The molecule has 0 unspecified atom stereocenters. The first-order valence-corrected chi connectivity index (χ1v) is 11.6. The van der Waals surface area contributed by atoms with E-state index < -0.39 is 0 Å². The number of hydrogen-bond donors (Lipinski definition) is 2. The van der Waals surface area contributed by atoms with Gasteiger partial charge in [-0.15, -0.1) is 0 Å². The molecule has 7 heteroatoms. The summed E-state index contributed by atoms with van der Waals surface area (Å²) >= 11 is 0. The molecule has 1 aliphatic heterocycles. The third kappa shape index (κ3) is 5.34. The van der Waals surface area contributed by atoms with Gasteiger partial charge in [0.25, 0.3) is 0 Å². The molecule has 2 aromatic heterocycles. The van der Waals surface area contributed by atoms with Gasteiger partial charge >= 0.3 is 0 Å². The summed E-state index contributed by atoms with van der Waals surface area (Å²) in [4.78, 5) is 9.59. The highest BCUT2D eigenvalue weighted by molar-refractivity contribution is 5.56. The molecule has 7 nitrogen and oxygen atoms in total. The molecule has 166 valence electrons. The Bertz CT molecular complexity index is 993. The molecule has 0 aliphatic carbocycles. The lowest BCUT2D eigenvalue weighted by Crippen LogP contribution is -2.29. The van der Waals surface area contributed by atoms with Crippen LogP contribution in [0, 0.1) is 0 Å². The van der Waals surface area contributed by atoms with Crippen molar-refractivity contribution in [2.45, 2.75) is 71.4 Å². The Labute approximate surface area is 184 Å². The van der Waals surface area contributed by atoms with Crippen LogP contribution in [0.5, 0.6) is 0 Å². The summed E-state index contributed by atoms with van der Waals surface area (Å²) in [5, 5.41) is 11.6. The molecule has 0 atom stereocenters. The molecule has 1 aliphatic rings. The Kier molecular flexibility index (Phi) is 7.02. The molecule has 3 aromatic rings. The summed E-state index contributed by atoms with van der Waals surface area (Å²) in [6.07, 6.45) is 7.40. The number of benzene rings is 1. The highest BCUT2D eigenvalue weighted by Crippen LogP contribution is 2.23. The fourth-order valence-electron chi connectivity index (χ4n) is 3.96. The lowest BCUT2D eigenvalue weighted by molar-refractivity contribution is 0.0903. The van der Waals surface area contributed by atoms with Crippen LogP contribution in [0.15, 0.2) is 30.5 Å². The van der Waals surface area contributed by atoms with Gasteiger partial charge in [0.1, 0.15) is 0 Å². The van der Waals surface area contributed by atoms with E-state index in [1.807, 2.05) is 10.7 Å². The topological polar surface area (TPSA) is 76.4 Å². The van der Waals surface area contributed by atoms with Crippen molar-refractivity contribution in [3.05, 3.63) is 47.2 Å². The number of nitrogens with zero attached hydrogens (tertiary/aromatic N) is 4. The number of rotatable bonds is 9. The van der Waals surface area contributed by atoms with Crippen LogP contribution in [0.3, 0.4) is 0 Å². The predicted molar refractivity (Wildman–Crippen MR) is 125 cm³/mol. The van der Waals surface area contributed by atoms with Gasteiger partial charge in [0.05, 0.1) is 6.20 Å². The van der Waals surface area contributed by atoms with Crippen molar-refractivity contribution in [3.63, 3.8) is 0 Å². The standard InChI is InChI=1S/C24H34N6O/c1-4-5-7-18-8-6-9-19(14-18)15-25-24-29-23(27-20-10-12-31-13-11-20)28-22-21(17(2)3)16-26-30(22)24/h6,8-9,14,16-17,20H,4-5,7,10-13,15H2,1-3H3,(H2,25,27,28,29). The summed E-state index contributed by atoms with van der Waals surface area (Å²) < 4.78 is 7.31. The lowest BCUT2D eigenvalue weighted by atomic mass is 10.1. The van der Waals surface area contributed by atoms with E-state index in [1.54, 1.807) is 0 Å². The zero-order chi connectivity index (χ0) is 21.6. The van der Waals surface area contributed by atoms with Crippen molar-refractivity contribution in [3.8, 4) is 0 Å². The van der Waals surface area contributed by atoms with Crippen molar-refractivity contribution in [1.82, 2.24) is 19.6 Å². The number of aryl methyl sites for hydroxylation is 1. The highest BCUT2D eigenvalue weighted by atomic mass is 16.5. The molecule has 31 heavy (non-hydrogen) atoms. The maximum absolute atomic E-state index is 5.48. The fraction of sp³-hybridized carbons (Fsp3) is 0.542. The maximum atomic E-state index is 5.48. The largest absolute Gasteiger partial charge is 0.381 e. The minimum atomic E-state index is 0.338. The normalized spacial score (nSPS) is 15.0. The van der Waals surface area contributed by atoms with Crippen LogP contribution in [-0.2, 0) is 17.7 Å². The first-order chi connectivity index (χ1) is 15.1. The monoisotopic (exact) mass is 422 g/mol. The molecule has 1 aromatic carbocycles. The van der Waals surface area contributed by atoms with Crippen LogP contribution in [0.25, 0.3) is 5.65 Å². The average molecular weight is 423 g/mol. The van der Waals surface area contributed by atoms with E-state index in [-0.39, 0.29) is 0 Å². The number of nitrogens with one attached hydrogen (secondary N) is 2. The molecule has 0 radical (unpaired) electrons. The number of unbranched alkanes of at least 4 members (excludes halogenated alkanes) is 1. The van der Waals surface area contributed by atoms with Crippen molar-refractivity contribution in [2.24, 2.45) is 0 Å². The minimum absolute atomic E-state index is 0.338. The molecule has 0 amide bonds. The Morgan fingerprint density at radius 3 is 2.74 bits per heavy atom. The molecule has 0 bridgehead atoms. The number of ether oxygens (including phenoxy) is 1. The first kappa shape index (κ1) is 21.6. The quantitative estimate of drug-likeness (QED) is 0.516. The molecular weight excluding hydrogens is 388 g/mol. The zero-order valence-corrected chi connectivity index (χ0v) is 18.9. The third-order valence-electron chi connectivity index (χ3n) is 5.83. The van der Waals surface area contributed by atoms with Crippen LogP contribution < -0.4 is 10.6 Å². The molecular formula is C24H34N6O. The molecule has 0 spiro atoms. The van der Waals surface area contributed by atoms with Gasteiger partial charge in [-0.2, -0.15) is 19.6 Å². The second-order valence-electron chi connectivity index (χ2n) is 8.67. The molecule has 4 rings (SSSR count). The Balaban J connectivity index is 1.58. The van der Waals surface area contributed by atoms with Gasteiger partial charge in [-0.3, -0.25) is 0 Å². The molecule has 0 saturated carbocycles. The van der Waals surface area contributed by atoms with Gasteiger partial charge in [0, 0.05) is 31.4 Å². The van der Waals surface area contributed by atoms with Crippen LogP contribution >= 0.6 is 0 Å². The summed E-state index contributed by atoms with van der Waals surface area (Å²) in [7, 11) is 0. The van der Waals surface area contributed by atoms with Gasteiger partial charge < -0.3 is 15.4 Å². The van der Waals surface area contributed by atoms with Crippen LogP contribution in [0.2, 0.25) is 0 Å². The number of hydrogen-bond acceptors (Lipinski definition) is 6. The van der Waals surface area contributed by atoms with E-state index in [1.165, 1.54) is 24.0 Å². The van der Waals surface area contributed by atoms with Crippen molar-refractivity contribution >= 4 is 17.5 Å². The summed E-state index contributed by atoms with van der Waals surface area (Å²) in [6.45, 7) is 8.82. The third-order valence-corrected chi connectivity index (χ3v) is 5.83. The van der Waals surface area contributed by atoms with Crippen LogP contribution in [-0.4, -0.2) is 38.8 Å². The SMILES string of the molecule is CCCCc1cccc(CNc2nc(NC3CCOCC3)nc3c(C(C)C)cnn23)c1. The van der Waals surface area contributed by atoms with Crippen molar-refractivity contribution in [2.75, 3.05) is 23.8 Å². The van der Waals surface area contributed by atoms with E-state index in [2.05, 4.69) is 60.8 Å². The van der Waals surface area contributed by atoms with Gasteiger partial charge in [-0.1, -0.05) is 51.5 Å². The summed E-state index contributed by atoms with van der Waals surface area (Å²) in [6, 6.07) is 9.13. The molecule has 1 saturated heterocycles. The molecule has 3 heterocycles. The second-order valence-corrected chi connectivity index (χ2v) is 8.67. The van der Waals surface area contributed by atoms with Gasteiger partial charge in [-0.05, 0) is 42.7 Å². The molecule has 1 fully saturated rings. The highest BCUT2D eigenvalue weighted by Gasteiger charge is 2.18. The van der Waals surface area contributed by atoms with E-state index >= 15 is 0 Å². The van der Waals surface area contributed by atoms with Crippen molar-refractivity contribution in [1.29, 1.82) is 0 Å². The molecule has 2 N–H and O–H groups in total. The van der Waals surface area contributed by atoms with Gasteiger partial charge in [0.2, 0.25) is 11.9 Å². The smallest absolute Gasteiger partial charge is 0.229 e. The van der Waals surface area contributed by atoms with E-state index in [9.17, 15) is 0 Å². The maximum Gasteiger partial charge on any atom is 0.229 e.